The summed E-state index contributed by atoms with van der Waals surface area (Å²) >= 11 is 0. The molecule has 1 saturated heterocycles. The Bertz CT molecular complexity index is 152. The molecule has 1 aliphatic rings. The van der Waals surface area contributed by atoms with Crippen molar-refractivity contribution in [2.45, 2.75) is 26.7 Å². The molecule has 1 fully saturated rings. The molecule has 0 unspecified atom stereocenters. The maximum absolute atomic E-state index is 10.8. The van der Waals surface area contributed by atoms with Crippen molar-refractivity contribution in [2.24, 2.45) is 0 Å². The second-order valence-corrected chi connectivity index (χ2v) is 2.16. The summed E-state index contributed by atoms with van der Waals surface area (Å²) in [6.45, 7) is 4.01. The topological polar surface area (TPSA) is 57.6 Å². The number of amides is 2. The summed E-state index contributed by atoms with van der Waals surface area (Å²) in [6.07, 6.45) is 0.609. The zero-order valence-electron chi connectivity index (χ0n) is 7.54. The largest absolute Gasteiger partial charge is 0.395 e. The number of carbonyl (C=O) groups is 2. The zero-order valence-corrected chi connectivity index (χ0v) is 7.54. The van der Waals surface area contributed by atoms with Gasteiger partial charge in [-0.05, 0) is 0 Å². The number of imide groups is 1. The van der Waals surface area contributed by atoms with E-state index >= 15 is 0 Å². The Morgan fingerprint density at radius 3 is 2.00 bits per heavy atom. The lowest BCUT2D eigenvalue weighted by molar-refractivity contribution is -0.138. The molecule has 0 aromatic heterocycles. The van der Waals surface area contributed by atoms with Gasteiger partial charge in [-0.2, -0.15) is 0 Å². The van der Waals surface area contributed by atoms with E-state index < -0.39 is 0 Å². The summed E-state index contributed by atoms with van der Waals surface area (Å²) in [6, 6.07) is 0. The number of rotatable bonds is 2. The second kappa shape index (κ2) is 5.71. The Morgan fingerprint density at radius 1 is 1.25 bits per heavy atom. The predicted molar refractivity (Wildman–Crippen MR) is 44.4 cm³/mol. The number of hydrogen-bond donors (Lipinski definition) is 1. The van der Waals surface area contributed by atoms with Crippen molar-refractivity contribution < 1.29 is 14.7 Å². The molecular formula is C8H15NO3. The van der Waals surface area contributed by atoms with Crippen LogP contribution in [-0.2, 0) is 9.59 Å². The van der Waals surface area contributed by atoms with Crippen molar-refractivity contribution in [2.75, 3.05) is 13.2 Å². The maximum Gasteiger partial charge on any atom is 0.229 e. The van der Waals surface area contributed by atoms with Gasteiger partial charge in [-0.25, -0.2) is 0 Å². The minimum absolute atomic E-state index is 0.141. The molecule has 4 nitrogen and oxygen atoms in total. The van der Waals surface area contributed by atoms with Gasteiger partial charge in [-0.3, -0.25) is 14.5 Å². The fraction of sp³-hybridized carbons (Fsp3) is 0.750. The lowest BCUT2D eigenvalue weighted by Crippen LogP contribution is -2.31. The van der Waals surface area contributed by atoms with Gasteiger partial charge in [-0.15, -0.1) is 0 Å². The number of hydrogen-bond acceptors (Lipinski definition) is 3. The summed E-state index contributed by atoms with van der Waals surface area (Å²) < 4.78 is 0. The van der Waals surface area contributed by atoms with Gasteiger partial charge in [0.05, 0.1) is 13.2 Å². The summed E-state index contributed by atoms with van der Waals surface area (Å²) in [5.41, 5.74) is 0. The van der Waals surface area contributed by atoms with Gasteiger partial charge < -0.3 is 5.11 Å². The van der Waals surface area contributed by atoms with E-state index in [1.165, 1.54) is 0 Å². The van der Waals surface area contributed by atoms with E-state index in [0.717, 1.165) is 4.90 Å². The molecular weight excluding hydrogens is 158 g/mol. The van der Waals surface area contributed by atoms with Crippen LogP contribution in [0.4, 0.5) is 0 Å². The lowest BCUT2D eigenvalue weighted by Gasteiger charge is -2.10. The summed E-state index contributed by atoms with van der Waals surface area (Å²) in [5.74, 6) is -0.335. The number of likely N-dealkylation sites (tertiary alicyclic amines) is 1. The molecule has 2 amide bonds. The van der Waals surface area contributed by atoms with Crippen molar-refractivity contribution in [1.29, 1.82) is 0 Å². The summed E-state index contributed by atoms with van der Waals surface area (Å²) in [5, 5.41) is 8.42. The highest BCUT2D eigenvalue weighted by molar-refractivity contribution is 6.01. The van der Waals surface area contributed by atoms with Crippen molar-refractivity contribution in [1.82, 2.24) is 4.90 Å². The van der Waals surface area contributed by atoms with Crippen LogP contribution >= 0.6 is 0 Å². The average Bonchev–Trinajstić information content (AvgIpc) is 2.40. The normalized spacial score (nSPS) is 16.1. The third-order valence-corrected chi connectivity index (χ3v) is 1.48. The van der Waals surface area contributed by atoms with Crippen molar-refractivity contribution >= 4 is 11.8 Å². The van der Waals surface area contributed by atoms with Crippen LogP contribution in [0, 0.1) is 0 Å². The number of aliphatic hydroxyl groups is 1. The smallest absolute Gasteiger partial charge is 0.229 e. The Labute approximate surface area is 72.2 Å². The number of nitrogens with zero attached hydrogens (tertiary/aromatic N) is 1. The standard InChI is InChI=1S/C6H9NO3.C2H6/c8-4-3-7-5(9)1-2-6(7)10;1-2/h8H,1-4H2;1-2H3. The van der Waals surface area contributed by atoms with E-state index in [1.54, 1.807) is 0 Å². The minimum atomic E-state index is -0.168. The first kappa shape index (κ1) is 11.1. The Balaban J connectivity index is 0.000000561. The monoisotopic (exact) mass is 173 g/mol. The minimum Gasteiger partial charge on any atom is -0.395 e. The third kappa shape index (κ3) is 2.62. The first-order chi connectivity index (χ1) is 5.75. The lowest BCUT2D eigenvalue weighted by atomic mass is 10.4. The van der Waals surface area contributed by atoms with Crippen LogP contribution in [0.3, 0.4) is 0 Å². The highest BCUT2D eigenvalue weighted by Gasteiger charge is 2.27. The van der Waals surface area contributed by atoms with Crippen LogP contribution in [0.2, 0.25) is 0 Å². The predicted octanol–water partition coefficient (Wildman–Crippen LogP) is 0.154. The molecule has 0 saturated carbocycles. The quantitative estimate of drug-likeness (QED) is 0.605. The van der Waals surface area contributed by atoms with Gasteiger partial charge in [0, 0.05) is 12.8 Å². The van der Waals surface area contributed by atoms with Gasteiger partial charge in [0.15, 0.2) is 0 Å². The van der Waals surface area contributed by atoms with E-state index in [-0.39, 0.29) is 25.0 Å². The van der Waals surface area contributed by atoms with Gasteiger partial charge in [0.1, 0.15) is 0 Å². The van der Waals surface area contributed by atoms with Crippen LogP contribution in [-0.4, -0.2) is 35.0 Å². The maximum atomic E-state index is 10.8. The first-order valence-electron chi connectivity index (χ1n) is 4.20. The molecule has 0 bridgehead atoms. The molecule has 1 aliphatic heterocycles. The molecule has 1 rings (SSSR count). The van der Waals surface area contributed by atoms with Crippen LogP contribution in [0.5, 0.6) is 0 Å². The molecule has 4 heteroatoms. The zero-order chi connectivity index (χ0) is 9.56. The van der Waals surface area contributed by atoms with Gasteiger partial charge >= 0.3 is 0 Å². The first-order valence-corrected chi connectivity index (χ1v) is 4.20. The highest BCUT2D eigenvalue weighted by Crippen LogP contribution is 2.09. The SMILES string of the molecule is CC.O=C1CCC(=O)N1CCO. The van der Waals surface area contributed by atoms with E-state index in [1.807, 2.05) is 13.8 Å². The van der Waals surface area contributed by atoms with Gasteiger partial charge in [0.2, 0.25) is 11.8 Å². The Hall–Kier alpha value is -0.900. The molecule has 1 N–H and O–H groups in total. The fourth-order valence-corrected chi connectivity index (χ4v) is 0.972. The summed E-state index contributed by atoms with van der Waals surface area (Å²) in [7, 11) is 0. The van der Waals surface area contributed by atoms with E-state index in [2.05, 4.69) is 0 Å². The molecule has 12 heavy (non-hydrogen) atoms. The molecule has 0 radical (unpaired) electrons. The fourth-order valence-electron chi connectivity index (χ4n) is 0.972. The average molecular weight is 173 g/mol. The van der Waals surface area contributed by atoms with Crippen LogP contribution < -0.4 is 0 Å². The van der Waals surface area contributed by atoms with Crippen molar-refractivity contribution in [3.8, 4) is 0 Å². The molecule has 0 atom stereocenters. The van der Waals surface area contributed by atoms with Crippen molar-refractivity contribution in [3.63, 3.8) is 0 Å². The van der Waals surface area contributed by atoms with E-state index in [9.17, 15) is 9.59 Å². The molecule has 70 valence electrons. The Morgan fingerprint density at radius 2 is 1.67 bits per heavy atom. The number of aliphatic hydroxyl groups excluding tert-OH is 1. The second-order valence-electron chi connectivity index (χ2n) is 2.16. The number of β-amino-alcohol motifs (C(OH)–C–C–N with tert-alkyl or cyclic N) is 1. The van der Waals surface area contributed by atoms with Crippen LogP contribution in [0.1, 0.15) is 26.7 Å². The van der Waals surface area contributed by atoms with Gasteiger partial charge in [-0.1, -0.05) is 13.8 Å². The molecule has 0 aromatic rings. The van der Waals surface area contributed by atoms with Crippen LogP contribution in [0.25, 0.3) is 0 Å². The molecule has 0 spiro atoms. The molecule has 0 aromatic carbocycles. The summed E-state index contributed by atoms with van der Waals surface area (Å²) in [4.78, 5) is 22.6. The highest BCUT2D eigenvalue weighted by atomic mass is 16.3. The molecule has 1 heterocycles. The number of carbonyl (C=O) groups excluding carboxylic acids is 2. The van der Waals surface area contributed by atoms with Gasteiger partial charge in [0.25, 0.3) is 0 Å². The molecule has 0 aliphatic carbocycles. The van der Waals surface area contributed by atoms with Crippen LogP contribution in [0.15, 0.2) is 0 Å². The van der Waals surface area contributed by atoms with Crippen molar-refractivity contribution in [3.05, 3.63) is 0 Å². The van der Waals surface area contributed by atoms with E-state index in [0.29, 0.717) is 12.8 Å². The third-order valence-electron chi connectivity index (χ3n) is 1.48. The Kier molecular flexibility index (Phi) is 5.28. The van der Waals surface area contributed by atoms with E-state index in [4.69, 9.17) is 5.11 Å².